The van der Waals surface area contributed by atoms with Crippen LogP contribution in [0.5, 0.6) is 0 Å². The molecule has 0 radical (unpaired) electrons. The van der Waals surface area contributed by atoms with Crippen molar-refractivity contribution < 1.29 is 18.3 Å². The minimum absolute atomic E-state index is 0.115. The summed E-state index contributed by atoms with van der Waals surface area (Å²) in [6.07, 6.45) is -0.288. The molecule has 0 spiro atoms. The summed E-state index contributed by atoms with van der Waals surface area (Å²) >= 11 is 0. The maximum Gasteiger partial charge on any atom is 0.408 e. The van der Waals surface area contributed by atoms with Gasteiger partial charge in [0.05, 0.1) is 11.4 Å². The Bertz CT molecular complexity index is 1130. The number of rotatable bonds is 5. The predicted octanol–water partition coefficient (Wildman–Crippen LogP) is 5.74. The van der Waals surface area contributed by atoms with Crippen LogP contribution in [0.3, 0.4) is 0 Å². The van der Waals surface area contributed by atoms with E-state index in [2.05, 4.69) is 5.32 Å². The Hall–Kier alpha value is -3.15. The number of hydrogen-bond donors (Lipinski definition) is 1. The molecule has 0 saturated heterocycles. The number of carbonyl (C=O) groups is 1. The van der Waals surface area contributed by atoms with Crippen LogP contribution in [-0.4, -0.2) is 11.7 Å². The summed E-state index contributed by atoms with van der Waals surface area (Å²) in [4.78, 5) is 25.9. The van der Waals surface area contributed by atoms with Gasteiger partial charge in [-0.05, 0) is 44.4 Å². The zero-order valence-corrected chi connectivity index (χ0v) is 18.5. The van der Waals surface area contributed by atoms with E-state index in [0.29, 0.717) is 23.1 Å². The second kappa shape index (κ2) is 8.92. The van der Waals surface area contributed by atoms with Crippen LogP contribution in [0.25, 0.3) is 11.0 Å². The van der Waals surface area contributed by atoms with Crippen LogP contribution in [-0.2, 0) is 11.2 Å². The largest absolute Gasteiger partial charge is 0.458 e. The van der Waals surface area contributed by atoms with E-state index in [4.69, 9.17) is 9.15 Å². The van der Waals surface area contributed by atoms with Crippen molar-refractivity contribution in [1.82, 2.24) is 5.32 Å². The molecule has 164 valence electrons. The number of ether oxygens (including phenoxy) is 1. The summed E-state index contributed by atoms with van der Waals surface area (Å²) in [5.74, 6) is -0.303. The van der Waals surface area contributed by atoms with E-state index in [9.17, 15) is 14.0 Å². The lowest BCUT2D eigenvalue weighted by Gasteiger charge is -2.26. The van der Waals surface area contributed by atoms with Gasteiger partial charge in [0.1, 0.15) is 22.8 Å². The molecule has 3 aromatic rings. The van der Waals surface area contributed by atoms with E-state index >= 15 is 0 Å². The number of alkyl carbamates (subject to hydrolysis) is 1. The molecule has 3 rings (SSSR count). The molecule has 6 heteroatoms. The van der Waals surface area contributed by atoms with Gasteiger partial charge in [-0.3, -0.25) is 4.79 Å². The van der Waals surface area contributed by atoms with Gasteiger partial charge in [0.25, 0.3) is 0 Å². The number of benzene rings is 2. The maximum atomic E-state index is 13.9. The monoisotopic (exact) mass is 425 g/mol. The lowest BCUT2D eigenvalue weighted by molar-refractivity contribution is 0.0481. The van der Waals surface area contributed by atoms with Crippen molar-refractivity contribution in [2.45, 2.75) is 52.7 Å². The average molecular weight is 426 g/mol. The topological polar surface area (TPSA) is 68.5 Å². The molecule has 31 heavy (non-hydrogen) atoms. The Labute approximate surface area is 181 Å². The SMILES string of the molecule is CC(C)[C@@H](NC(=O)OC(C)(C)C)c1oc2cc(F)ccc2c(=O)c1Cc1ccccc1. The molecule has 0 saturated carbocycles. The minimum Gasteiger partial charge on any atom is -0.458 e. The summed E-state index contributed by atoms with van der Waals surface area (Å²) in [5.41, 5.74) is 0.591. The first-order valence-electron chi connectivity index (χ1n) is 10.3. The van der Waals surface area contributed by atoms with E-state index in [-0.39, 0.29) is 16.9 Å². The first-order chi connectivity index (χ1) is 14.5. The first-order valence-corrected chi connectivity index (χ1v) is 10.3. The Morgan fingerprint density at radius 2 is 1.81 bits per heavy atom. The number of amides is 1. The Kier molecular flexibility index (Phi) is 6.48. The van der Waals surface area contributed by atoms with E-state index in [1.807, 2.05) is 44.2 Å². The van der Waals surface area contributed by atoms with Crippen molar-refractivity contribution in [3.05, 3.63) is 81.5 Å². The highest BCUT2D eigenvalue weighted by Crippen LogP contribution is 2.29. The number of hydrogen-bond acceptors (Lipinski definition) is 4. The average Bonchev–Trinajstić information content (AvgIpc) is 2.67. The lowest BCUT2D eigenvalue weighted by Crippen LogP contribution is -2.37. The van der Waals surface area contributed by atoms with Gasteiger partial charge in [-0.15, -0.1) is 0 Å². The smallest absolute Gasteiger partial charge is 0.408 e. The summed E-state index contributed by atoms with van der Waals surface area (Å²) < 4.78 is 25.3. The van der Waals surface area contributed by atoms with E-state index in [0.717, 1.165) is 5.56 Å². The third kappa shape index (κ3) is 5.51. The van der Waals surface area contributed by atoms with Gasteiger partial charge in [0, 0.05) is 18.1 Å². The molecule has 1 aromatic heterocycles. The van der Waals surface area contributed by atoms with E-state index in [1.165, 1.54) is 18.2 Å². The van der Waals surface area contributed by atoms with Crippen LogP contribution < -0.4 is 10.7 Å². The molecular weight excluding hydrogens is 397 g/mol. The molecule has 0 aliphatic heterocycles. The van der Waals surface area contributed by atoms with Crippen LogP contribution >= 0.6 is 0 Å². The highest BCUT2D eigenvalue weighted by molar-refractivity contribution is 5.77. The molecule has 2 aromatic carbocycles. The van der Waals surface area contributed by atoms with Crippen LogP contribution in [0.1, 0.15) is 57.5 Å². The van der Waals surface area contributed by atoms with Crippen LogP contribution in [0.4, 0.5) is 9.18 Å². The van der Waals surface area contributed by atoms with Crippen LogP contribution in [0.2, 0.25) is 0 Å². The fourth-order valence-electron chi connectivity index (χ4n) is 3.41. The van der Waals surface area contributed by atoms with Crippen molar-refractivity contribution in [2.24, 2.45) is 5.92 Å². The van der Waals surface area contributed by atoms with Crippen molar-refractivity contribution >= 4 is 17.1 Å². The van der Waals surface area contributed by atoms with Crippen molar-refractivity contribution in [3.63, 3.8) is 0 Å². The highest BCUT2D eigenvalue weighted by atomic mass is 19.1. The van der Waals surface area contributed by atoms with Crippen molar-refractivity contribution in [2.75, 3.05) is 0 Å². The number of carbonyl (C=O) groups excluding carboxylic acids is 1. The summed E-state index contributed by atoms with van der Waals surface area (Å²) in [6, 6.07) is 12.8. The molecule has 1 amide bonds. The molecule has 0 fully saturated rings. The van der Waals surface area contributed by atoms with Crippen LogP contribution in [0.15, 0.2) is 57.7 Å². The van der Waals surface area contributed by atoms with Gasteiger partial charge < -0.3 is 14.5 Å². The van der Waals surface area contributed by atoms with Crippen molar-refractivity contribution in [1.29, 1.82) is 0 Å². The number of fused-ring (bicyclic) bond motifs is 1. The minimum atomic E-state index is -0.675. The fourth-order valence-corrected chi connectivity index (χ4v) is 3.41. The molecule has 1 heterocycles. The zero-order valence-electron chi connectivity index (χ0n) is 18.5. The van der Waals surface area contributed by atoms with Gasteiger partial charge in [-0.1, -0.05) is 44.2 Å². The molecule has 0 unspecified atom stereocenters. The summed E-state index contributed by atoms with van der Waals surface area (Å²) in [7, 11) is 0. The zero-order chi connectivity index (χ0) is 22.8. The Morgan fingerprint density at radius 3 is 2.42 bits per heavy atom. The standard InChI is InChI=1S/C25H28FNO4/c1-15(2)21(27-24(29)31-25(3,4)5)23-19(13-16-9-7-6-8-10-16)22(28)18-12-11-17(26)14-20(18)30-23/h6-12,14-15,21H,13H2,1-5H3,(H,27,29)/t21-/m1/s1. The van der Waals surface area contributed by atoms with Gasteiger partial charge in [-0.25, -0.2) is 9.18 Å². The molecule has 1 atom stereocenters. The quantitative estimate of drug-likeness (QED) is 0.566. The molecule has 1 N–H and O–H groups in total. The molecular formula is C25H28FNO4. The van der Waals surface area contributed by atoms with Gasteiger partial charge in [0.15, 0.2) is 5.43 Å². The molecule has 0 aliphatic rings. The van der Waals surface area contributed by atoms with Crippen molar-refractivity contribution in [3.8, 4) is 0 Å². The molecule has 5 nitrogen and oxygen atoms in total. The van der Waals surface area contributed by atoms with Gasteiger partial charge >= 0.3 is 6.09 Å². The second-order valence-corrected chi connectivity index (χ2v) is 8.94. The number of halogens is 1. The fraction of sp³-hybridized carbons (Fsp3) is 0.360. The van der Waals surface area contributed by atoms with Gasteiger partial charge in [0.2, 0.25) is 0 Å². The molecule has 0 aliphatic carbocycles. The Balaban J connectivity index is 2.15. The second-order valence-electron chi connectivity index (χ2n) is 8.94. The summed E-state index contributed by atoms with van der Waals surface area (Å²) in [6.45, 7) is 9.14. The highest BCUT2D eigenvalue weighted by Gasteiger charge is 2.29. The lowest BCUT2D eigenvalue weighted by atomic mass is 9.93. The van der Waals surface area contributed by atoms with E-state index < -0.39 is 23.6 Å². The normalized spacial score (nSPS) is 12.7. The maximum absolute atomic E-state index is 13.9. The predicted molar refractivity (Wildman–Crippen MR) is 119 cm³/mol. The number of nitrogens with one attached hydrogen (secondary N) is 1. The molecule has 0 bridgehead atoms. The third-order valence-electron chi connectivity index (χ3n) is 4.82. The first kappa shape index (κ1) is 22.5. The third-order valence-corrected chi connectivity index (χ3v) is 4.82. The van der Waals surface area contributed by atoms with E-state index in [1.54, 1.807) is 20.8 Å². The summed E-state index contributed by atoms with van der Waals surface area (Å²) in [5, 5.41) is 3.14. The van der Waals surface area contributed by atoms with Gasteiger partial charge in [-0.2, -0.15) is 0 Å². The van der Waals surface area contributed by atoms with Crippen LogP contribution in [0, 0.1) is 11.7 Å². The Morgan fingerprint density at radius 1 is 1.13 bits per heavy atom.